The molecular weight excluding hydrogens is 342 g/mol. The lowest BCUT2D eigenvalue weighted by atomic mass is 9.93. The molecule has 1 aliphatic rings. The van der Waals surface area contributed by atoms with Crippen molar-refractivity contribution in [1.29, 1.82) is 0 Å². The number of halogens is 1. The zero-order valence-corrected chi connectivity index (χ0v) is 14.6. The number of hydrogen-bond donors (Lipinski definition) is 1. The molecule has 3 aromatic rings. The fourth-order valence-corrected chi connectivity index (χ4v) is 3.59. The van der Waals surface area contributed by atoms with Crippen LogP contribution < -0.4 is 5.32 Å². The van der Waals surface area contributed by atoms with Gasteiger partial charge in [0.2, 0.25) is 5.95 Å². The first-order chi connectivity index (χ1) is 11.7. The highest BCUT2D eigenvalue weighted by Gasteiger charge is 2.30. The fraction of sp³-hybridized carbons (Fsp3) is 0.235. The third kappa shape index (κ3) is 2.87. The molecule has 0 fully saturated rings. The highest BCUT2D eigenvalue weighted by atomic mass is 35.5. The van der Waals surface area contributed by atoms with Gasteiger partial charge in [0.15, 0.2) is 0 Å². The van der Waals surface area contributed by atoms with Crippen molar-refractivity contribution >= 4 is 29.3 Å². The summed E-state index contributed by atoms with van der Waals surface area (Å²) in [5.74, 6) is 0.695. The van der Waals surface area contributed by atoms with Crippen LogP contribution >= 0.6 is 23.4 Å². The standard InChI is InChI=1S/C17H16ClN5S/c1-24-14-8-4-12(5-9-14)16-10-15(11-2-6-13(18)7-3-11)19-17-20-21-22-23(16)17/h2-9,15-16H,10H2,1H3,(H,19,20,22)/t15-,16+/m0/s1. The van der Waals surface area contributed by atoms with Gasteiger partial charge in [-0.05, 0) is 58.5 Å². The first-order valence-electron chi connectivity index (χ1n) is 7.68. The topological polar surface area (TPSA) is 55.6 Å². The Bertz CT molecular complexity index is 831. The number of nitrogens with zero attached hydrogens (tertiary/aromatic N) is 4. The van der Waals surface area contributed by atoms with Crippen LogP contribution in [0.25, 0.3) is 0 Å². The largest absolute Gasteiger partial charge is 0.346 e. The van der Waals surface area contributed by atoms with Crippen molar-refractivity contribution in [2.75, 3.05) is 11.6 Å². The normalized spacial score (nSPS) is 19.6. The summed E-state index contributed by atoms with van der Waals surface area (Å²) in [7, 11) is 0. The van der Waals surface area contributed by atoms with Gasteiger partial charge in [0.05, 0.1) is 12.1 Å². The zero-order valence-electron chi connectivity index (χ0n) is 13.1. The minimum absolute atomic E-state index is 0.104. The summed E-state index contributed by atoms with van der Waals surface area (Å²) >= 11 is 7.75. The molecule has 1 N–H and O–H groups in total. The molecule has 24 heavy (non-hydrogen) atoms. The highest BCUT2D eigenvalue weighted by Crippen LogP contribution is 2.37. The van der Waals surface area contributed by atoms with E-state index in [1.807, 2.05) is 28.9 Å². The summed E-state index contributed by atoms with van der Waals surface area (Å²) in [6, 6.07) is 16.8. The number of anilines is 1. The van der Waals surface area contributed by atoms with Crippen molar-refractivity contribution in [2.24, 2.45) is 0 Å². The van der Waals surface area contributed by atoms with E-state index in [0.29, 0.717) is 5.95 Å². The predicted molar refractivity (Wildman–Crippen MR) is 96.6 cm³/mol. The maximum Gasteiger partial charge on any atom is 0.243 e. The van der Waals surface area contributed by atoms with Crippen LogP contribution in [0.3, 0.4) is 0 Å². The Balaban J connectivity index is 1.69. The van der Waals surface area contributed by atoms with E-state index < -0.39 is 0 Å². The maximum atomic E-state index is 6.01. The molecule has 0 spiro atoms. The molecule has 0 unspecified atom stereocenters. The molecular formula is C17H16ClN5S. The summed E-state index contributed by atoms with van der Waals surface area (Å²) in [6.07, 6.45) is 2.95. The Morgan fingerprint density at radius 1 is 1.08 bits per heavy atom. The smallest absolute Gasteiger partial charge is 0.243 e. The number of fused-ring (bicyclic) bond motifs is 1. The second kappa shape index (κ2) is 6.45. The lowest BCUT2D eigenvalue weighted by Gasteiger charge is -2.31. The van der Waals surface area contributed by atoms with Crippen LogP contribution in [0.4, 0.5) is 5.95 Å². The van der Waals surface area contributed by atoms with Gasteiger partial charge in [0.1, 0.15) is 0 Å². The van der Waals surface area contributed by atoms with E-state index in [0.717, 1.165) is 11.4 Å². The van der Waals surface area contributed by atoms with Crippen LogP contribution in [-0.2, 0) is 0 Å². The lowest BCUT2D eigenvalue weighted by Crippen LogP contribution is -2.28. The van der Waals surface area contributed by atoms with E-state index in [1.165, 1.54) is 16.0 Å². The number of tetrazole rings is 1. The van der Waals surface area contributed by atoms with Crippen molar-refractivity contribution in [3.63, 3.8) is 0 Å². The summed E-state index contributed by atoms with van der Waals surface area (Å²) in [5, 5.41) is 16.3. The molecule has 0 saturated carbocycles. The molecule has 0 saturated heterocycles. The maximum absolute atomic E-state index is 6.01. The Kier molecular flexibility index (Phi) is 4.16. The molecule has 0 amide bonds. The highest BCUT2D eigenvalue weighted by molar-refractivity contribution is 7.98. The average Bonchev–Trinajstić information content (AvgIpc) is 3.10. The summed E-state index contributed by atoms with van der Waals surface area (Å²) in [6.45, 7) is 0. The van der Waals surface area contributed by atoms with E-state index in [4.69, 9.17) is 11.6 Å². The van der Waals surface area contributed by atoms with Gasteiger partial charge in [-0.2, -0.15) is 0 Å². The van der Waals surface area contributed by atoms with Crippen molar-refractivity contribution in [3.8, 4) is 0 Å². The van der Waals surface area contributed by atoms with E-state index in [-0.39, 0.29) is 12.1 Å². The van der Waals surface area contributed by atoms with Gasteiger partial charge in [-0.3, -0.25) is 0 Å². The number of thioether (sulfide) groups is 1. The second-order valence-corrected chi connectivity index (χ2v) is 7.04. The van der Waals surface area contributed by atoms with Crippen molar-refractivity contribution in [2.45, 2.75) is 23.4 Å². The van der Waals surface area contributed by atoms with E-state index in [1.54, 1.807) is 11.8 Å². The van der Waals surface area contributed by atoms with Gasteiger partial charge in [-0.25, -0.2) is 4.68 Å². The third-order valence-corrected chi connectivity index (χ3v) is 5.32. The molecule has 7 heteroatoms. The van der Waals surface area contributed by atoms with Gasteiger partial charge in [0, 0.05) is 9.92 Å². The first kappa shape index (κ1) is 15.5. The molecule has 2 aromatic carbocycles. The van der Waals surface area contributed by atoms with Crippen LogP contribution in [0.15, 0.2) is 53.4 Å². The molecule has 122 valence electrons. The van der Waals surface area contributed by atoms with E-state index in [9.17, 15) is 0 Å². The molecule has 0 aliphatic carbocycles. The van der Waals surface area contributed by atoms with Crippen LogP contribution in [-0.4, -0.2) is 26.5 Å². The van der Waals surface area contributed by atoms with E-state index in [2.05, 4.69) is 51.4 Å². The van der Waals surface area contributed by atoms with E-state index >= 15 is 0 Å². The monoisotopic (exact) mass is 357 g/mol. The molecule has 5 nitrogen and oxygen atoms in total. The van der Waals surface area contributed by atoms with Crippen LogP contribution in [0.5, 0.6) is 0 Å². The van der Waals surface area contributed by atoms with Gasteiger partial charge in [0.25, 0.3) is 0 Å². The molecule has 2 heterocycles. The molecule has 1 aliphatic heterocycles. The van der Waals surface area contributed by atoms with Gasteiger partial charge in [-0.1, -0.05) is 41.0 Å². The van der Waals surface area contributed by atoms with Gasteiger partial charge in [-0.15, -0.1) is 11.8 Å². The molecule has 0 bridgehead atoms. The van der Waals surface area contributed by atoms with Crippen molar-refractivity contribution in [1.82, 2.24) is 20.2 Å². The molecule has 0 radical (unpaired) electrons. The fourth-order valence-electron chi connectivity index (χ4n) is 3.05. The number of hydrogen-bond acceptors (Lipinski definition) is 5. The Labute approximate surface area is 149 Å². The Hall–Kier alpha value is -2.05. The SMILES string of the molecule is CSc1ccc([C@H]2C[C@@H](c3ccc(Cl)cc3)Nc3nnnn32)cc1. The minimum Gasteiger partial charge on any atom is -0.346 e. The Morgan fingerprint density at radius 3 is 2.50 bits per heavy atom. The number of nitrogens with one attached hydrogen (secondary N) is 1. The Morgan fingerprint density at radius 2 is 1.79 bits per heavy atom. The van der Waals surface area contributed by atoms with Crippen LogP contribution in [0.2, 0.25) is 5.02 Å². The van der Waals surface area contributed by atoms with Crippen molar-refractivity contribution < 1.29 is 0 Å². The zero-order chi connectivity index (χ0) is 16.5. The number of benzene rings is 2. The quantitative estimate of drug-likeness (QED) is 0.712. The van der Waals surface area contributed by atoms with Gasteiger partial charge >= 0.3 is 0 Å². The third-order valence-electron chi connectivity index (χ3n) is 4.32. The lowest BCUT2D eigenvalue weighted by molar-refractivity contribution is 0.423. The summed E-state index contributed by atoms with van der Waals surface area (Å²) < 4.78 is 1.86. The minimum atomic E-state index is 0.104. The summed E-state index contributed by atoms with van der Waals surface area (Å²) in [5.41, 5.74) is 2.39. The molecule has 2 atom stereocenters. The molecule has 4 rings (SSSR count). The second-order valence-electron chi connectivity index (χ2n) is 5.72. The average molecular weight is 358 g/mol. The predicted octanol–water partition coefficient (Wildman–Crippen LogP) is 4.19. The number of aromatic nitrogens is 4. The van der Waals surface area contributed by atoms with Crippen LogP contribution in [0.1, 0.15) is 29.6 Å². The first-order valence-corrected chi connectivity index (χ1v) is 9.28. The van der Waals surface area contributed by atoms with Crippen molar-refractivity contribution in [3.05, 3.63) is 64.7 Å². The van der Waals surface area contributed by atoms with Crippen LogP contribution in [0, 0.1) is 0 Å². The summed E-state index contributed by atoms with van der Waals surface area (Å²) in [4.78, 5) is 1.25. The number of rotatable bonds is 3. The van der Waals surface area contributed by atoms with Gasteiger partial charge < -0.3 is 5.32 Å². The molecule has 1 aromatic heterocycles.